The maximum absolute atomic E-state index is 13.8. The van der Waals surface area contributed by atoms with Crippen LogP contribution < -0.4 is 15.9 Å². The Kier molecular flexibility index (Phi) is 4.51. The zero-order valence-electron chi connectivity index (χ0n) is 17.2. The first-order valence-electron chi connectivity index (χ1n) is 10.2. The van der Waals surface area contributed by atoms with Gasteiger partial charge in [0.1, 0.15) is 12.7 Å². The van der Waals surface area contributed by atoms with Crippen molar-refractivity contribution in [1.29, 1.82) is 0 Å². The predicted octanol–water partition coefficient (Wildman–Crippen LogP) is 4.06. The summed E-state index contributed by atoms with van der Waals surface area (Å²) < 4.78 is 54.1. The highest BCUT2D eigenvalue weighted by molar-refractivity contribution is 7.70. The van der Waals surface area contributed by atoms with Gasteiger partial charge in [-0.05, 0) is 32.2 Å². The number of anilines is 1. The third-order valence-corrected chi connectivity index (χ3v) is 8.08. The maximum Gasteiger partial charge on any atom is 0.419 e. The van der Waals surface area contributed by atoms with Crippen LogP contribution in [0.15, 0.2) is 30.6 Å². The summed E-state index contributed by atoms with van der Waals surface area (Å²) in [7, 11) is -2.63. The molecule has 1 aromatic carbocycles. The summed E-state index contributed by atoms with van der Waals surface area (Å²) in [4.78, 5) is 11.3. The Labute approximate surface area is 177 Å². The van der Waals surface area contributed by atoms with E-state index in [0.717, 1.165) is 32.1 Å². The third-order valence-electron chi connectivity index (χ3n) is 6.55. The van der Waals surface area contributed by atoms with Gasteiger partial charge in [-0.1, -0.05) is 12.1 Å². The van der Waals surface area contributed by atoms with Gasteiger partial charge in [0.05, 0.1) is 11.2 Å². The molecule has 5 rings (SSSR count). The molecule has 1 saturated heterocycles. The largest absolute Gasteiger partial charge is 0.419 e. The number of nitrogens with zero attached hydrogens (tertiary/aromatic N) is 2. The molecule has 0 amide bonds. The first kappa shape index (κ1) is 20.5. The SMILES string of the molecule is CP(C)(=O)c1cccc2c(-c3nc(NC4CCC45CNC5)ncc3C(F)(F)F)c[nH]c12. The van der Waals surface area contributed by atoms with E-state index in [1.54, 1.807) is 31.5 Å². The lowest BCUT2D eigenvalue weighted by molar-refractivity contribution is -0.137. The minimum atomic E-state index is -4.60. The lowest BCUT2D eigenvalue weighted by Crippen LogP contribution is -2.67. The van der Waals surface area contributed by atoms with Gasteiger partial charge in [0.25, 0.3) is 0 Å². The number of rotatable bonds is 4. The average Bonchev–Trinajstić information content (AvgIpc) is 3.06. The lowest BCUT2D eigenvalue weighted by atomic mass is 9.60. The van der Waals surface area contributed by atoms with Crippen molar-refractivity contribution in [2.75, 3.05) is 31.7 Å². The van der Waals surface area contributed by atoms with E-state index < -0.39 is 18.9 Å². The second kappa shape index (κ2) is 6.81. The van der Waals surface area contributed by atoms with Gasteiger partial charge in [0.15, 0.2) is 0 Å². The van der Waals surface area contributed by atoms with Crippen molar-refractivity contribution in [2.24, 2.45) is 5.41 Å². The Bertz CT molecular complexity index is 1210. The molecule has 1 atom stereocenters. The number of aromatic amines is 1. The van der Waals surface area contributed by atoms with Gasteiger partial charge in [-0.3, -0.25) is 0 Å². The standard InChI is InChI=1S/C21H23F3N5OP/c1-31(2,30)15-5-3-4-12-13(8-26-18(12)15)17-14(21(22,23)24)9-27-19(29-17)28-16-6-7-20(16)10-25-11-20/h3-5,8-9,16,25-26H,6-7,10-11H2,1-2H3,(H,27,28,29). The molecule has 10 heteroatoms. The summed E-state index contributed by atoms with van der Waals surface area (Å²) >= 11 is 0. The van der Waals surface area contributed by atoms with E-state index in [4.69, 9.17) is 0 Å². The van der Waals surface area contributed by atoms with E-state index in [1.807, 2.05) is 0 Å². The molecule has 0 radical (unpaired) electrons. The average molecular weight is 449 g/mol. The van der Waals surface area contributed by atoms with E-state index in [-0.39, 0.29) is 23.1 Å². The summed E-state index contributed by atoms with van der Waals surface area (Å²) in [6.07, 6.45) is -0.214. The summed E-state index contributed by atoms with van der Waals surface area (Å²) in [5, 5.41) is 7.67. The molecule has 1 saturated carbocycles. The minimum Gasteiger partial charge on any atom is -0.360 e. The fraction of sp³-hybridized carbons (Fsp3) is 0.429. The second-order valence-electron chi connectivity index (χ2n) is 8.91. The third kappa shape index (κ3) is 3.34. The van der Waals surface area contributed by atoms with E-state index in [9.17, 15) is 17.7 Å². The van der Waals surface area contributed by atoms with Gasteiger partial charge in [-0.15, -0.1) is 0 Å². The highest BCUT2D eigenvalue weighted by Gasteiger charge is 2.51. The van der Waals surface area contributed by atoms with Crippen molar-refractivity contribution in [3.05, 3.63) is 36.2 Å². The zero-order valence-corrected chi connectivity index (χ0v) is 18.1. The molecule has 2 aromatic heterocycles. The van der Waals surface area contributed by atoms with Crippen LogP contribution in [-0.2, 0) is 10.7 Å². The van der Waals surface area contributed by atoms with Crippen molar-refractivity contribution < 1.29 is 17.7 Å². The number of alkyl halides is 3. The normalized spacial score (nSPS) is 20.5. The van der Waals surface area contributed by atoms with Gasteiger partial charge >= 0.3 is 6.18 Å². The molecule has 3 aromatic rings. The number of hydrogen-bond acceptors (Lipinski definition) is 5. The van der Waals surface area contributed by atoms with Crippen LogP contribution >= 0.6 is 7.14 Å². The fourth-order valence-electron chi connectivity index (χ4n) is 4.59. The van der Waals surface area contributed by atoms with Crippen LogP contribution in [0.3, 0.4) is 0 Å². The van der Waals surface area contributed by atoms with Gasteiger partial charge in [-0.25, -0.2) is 9.97 Å². The zero-order chi connectivity index (χ0) is 22.0. The molecule has 1 spiro atoms. The van der Waals surface area contributed by atoms with Crippen LogP contribution in [0.5, 0.6) is 0 Å². The molecule has 1 aliphatic heterocycles. The number of nitrogens with one attached hydrogen (secondary N) is 3. The number of halogens is 3. The van der Waals surface area contributed by atoms with E-state index in [2.05, 4.69) is 25.6 Å². The number of fused-ring (bicyclic) bond motifs is 1. The molecular formula is C21H23F3N5OP. The summed E-state index contributed by atoms with van der Waals surface area (Å²) in [5.41, 5.74) is -0.0299. The van der Waals surface area contributed by atoms with Crippen LogP contribution in [0.1, 0.15) is 18.4 Å². The fourth-order valence-corrected chi connectivity index (χ4v) is 5.76. The van der Waals surface area contributed by atoms with Crippen molar-refractivity contribution in [2.45, 2.75) is 25.1 Å². The van der Waals surface area contributed by atoms with Crippen LogP contribution in [-0.4, -0.2) is 47.4 Å². The van der Waals surface area contributed by atoms with Crippen LogP contribution in [0, 0.1) is 5.41 Å². The van der Waals surface area contributed by atoms with Gasteiger partial charge in [0.2, 0.25) is 5.95 Å². The molecular weight excluding hydrogens is 426 g/mol. The Hall–Kier alpha value is -2.38. The molecule has 2 fully saturated rings. The first-order valence-corrected chi connectivity index (χ1v) is 12.8. The maximum atomic E-state index is 13.8. The molecule has 1 aliphatic carbocycles. The number of benzene rings is 1. The highest BCUT2D eigenvalue weighted by atomic mass is 31.2. The topological polar surface area (TPSA) is 82.7 Å². The summed E-state index contributed by atoms with van der Waals surface area (Å²) in [6, 6.07) is 5.32. The quantitative estimate of drug-likeness (QED) is 0.524. The molecule has 3 N–H and O–H groups in total. The van der Waals surface area contributed by atoms with Crippen LogP contribution in [0.2, 0.25) is 0 Å². The van der Waals surface area contributed by atoms with Crippen LogP contribution in [0.4, 0.5) is 19.1 Å². The second-order valence-corrected chi connectivity index (χ2v) is 12.1. The van der Waals surface area contributed by atoms with Crippen molar-refractivity contribution in [1.82, 2.24) is 20.3 Å². The smallest absolute Gasteiger partial charge is 0.360 e. The number of aromatic nitrogens is 3. The molecule has 6 nitrogen and oxygen atoms in total. The van der Waals surface area contributed by atoms with E-state index in [1.165, 1.54) is 6.20 Å². The van der Waals surface area contributed by atoms with E-state index in [0.29, 0.717) is 21.8 Å². The summed E-state index contributed by atoms with van der Waals surface area (Å²) in [5.74, 6) is 0.195. The predicted molar refractivity (Wildman–Crippen MR) is 115 cm³/mol. The number of para-hydroxylation sites is 1. The molecule has 164 valence electrons. The Morgan fingerprint density at radius 1 is 1.26 bits per heavy atom. The highest BCUT2D eigenvalue weighted by Crippen LogP contribution is 2.46. The number of H-pyrrole nitrogens is 1. The van der Waals surface area contributed by atoms with Crippen molar-refractivity contribution >= 4 is 29.3 Å². The molecule has 2 aliphatic rings. The van der Waals surface area contributed by atoms with Crippen LogP contribution in [0.25, 0.3) is 22.2 Å². The van der Waals surface area contributed by atoms with Crippen molar-refractivity contribution in [3.8, 4) is 11.3 Å². The van der Waals surface area contributed by atoms with Gasteiger partial charge < -0.3 is 20.2 Å². The Morgan fingerprint density at radius 2 is 2.03 bits per heavy atom. The number of hydrogen-bond donors (Lipinski definition) is 3. The first-order chi connectivity index (χ1) is 14.6. The molecule has 31 heavy (non-hydrogen) atoms. The van der Waals surface area contributed by atoms with Gasteiger partial charge in [-0.2, -0.15) is 13.2 Å². The van der Waals surface area contributed by atoms with Gasteiger partial charge in [0, 0.05) is 53.2 Å². The molecule has 1 unspecified atom stereocenters. The molecule has 0 bridgehead atoms. The molecule has 3 heterocycles. The van der Waals surface area contributed by atoms with E-state index >= 15 is 0 Å². The Morgan fingerprint density at radius 3 is 2.61 bits per heavy atom. The monoisotopic (exact) mass is 449 g/mol. The summed E-state index contributed by atoms with van der Waals surface area (Å²) in [6.45, 7) is 5.08. The van der Waals surface area contributed by atoms with Crippen molar-refractivity contribution in [3.63, 3.8) is 0 Å². The Balaban J connectivity index is 1.61. The minimum absolute atomic E-state index is 0.152. The lowest BCUT2D eigenvalue weighted by Gasteiger charge is -2.56.